The Morgan fingerprint density at radius 3 is 2.91 bits per heavy atom. The maximum atomic E-state index is 12.6. The molecule has 1 N–H and O–H groups in total. The Kier molecular flexibility index (Phi) is 8.95. The summed E-state index contributed by atoms with van der Waals surface area (Å²) in [5, 5.41) is 23.5. The molecule has 1 aliphatic rings. The highest BCUT2D eigenvalue weighted by Gasteiger charge is 2.22. The fraction of sp³-hybridized carbons (Fsp3) is 0.417. The third kappa shape index (κ3) is 6.31. The van der Waals surface area contributed by atoms with Crippen LogP contribution in [0.15, 0.2) is 23.4 Å². The molecule has 2 heterocycles. The fourth-order valence-electron chi connectivity index (χ4n) is 4.00. The molecule has 184 valence electrons. The molecule has 7 nitrogen and oxygen atoms in total. The Hall–Kier alpha value is -2.25. The molecule has 0 saturated heterocycles. The maximum absolute atomic E-state index is 12.6. The van der Waals surface area contributed by atoms with E-state index in [0.29, 0.717) is 51.1 Å². The molecule has 1 aromatic carbocycles. The number of carbonyl (C=O) groups is 1. The summed E-state index contributed by atoms with van der Waals surface area (Å²) in [4.78, 5) is 13.9. The van der Waals surface area contributed by atoms with Gasteiger partial charge in [0.15, 0.2) is 5.16 Å². The number of fused-ring (bicyclic) bond motifs is 1. The molecular formula is C24H25Cl2N5O2S2. The lowest BCUT2D eigenvalue weighted by molar-refractivity contribution is -0.113. The number of amides is 1. The van der Waals surface area contributed by atoms with Crippen LogP contribution in [-0.4, -0.2) is 33.0 Å². The van der Waals surface area contributed by atoms with E-state index in [2.05, 4.69) is 21.6 Å². The van der Waals surface area contributed by atoms with Crippen LogP contribution in [0.3, 0.4) is 0 Å². The Labute approximate surface area is 222 Å². The van der Waals surface area contributed by atoms with Crippen LogP contribution in [0.1, 0.15) is 48.0 Å². The second kappa shape index (κ2) is 12.1. The van der Waals surface area contributed by atoms with Gasteiger partial charge in [0.05, 0.1) is 22.9 Å². The van der Waals surface area contributed by atoms with Crippen LogP contribution in [0, 0.1) is 11.3 Å². The highest BCUT2D eigenvalue weighted by Crippen LogP contribution is 2.37. The van der Waals surface area contributed by atoms with Gasteiger partial charge in [-0.2, -0.15) is 5.26 Å². The number of rotatable bonds is 10. The quantitative estimate of drug-likeness (QED) is 0.240. The number of anilines is 1. The van der Waals surface area contributed by atoms with Crippen molar-refractivity contribution in [2.24, 2.45) is 0 Å². The number of aromatic nitrogens is 3. The molecule has 11 heteroatoms. The predicted octanol–water partition coefficient (Wildman–Crippen LogP) is 6.16. The molecule has 4 rings (SSSR count). The van der Waals surface area contributed by atoms with E-state index in [4.69, 9.17) is 27.9 Å². The van der Waals surface area contributed by atoms with Crippen molar-refractivity contribution in [3.63, 3.8) is 0 Å². The topological polar surface area (TPSA) is 92.8 Å². The zero-order chi connectivity index (χ0) is 24.8. The van der Waals surface area contributed by atoms with Crippen LogP contribution in [0.25, 0.3) is 0 Å². The van der Waals surface area contributed by atoms with Crippen molar-refractivity contribution >= 4 is 57.2 Å². The zero-order valence-electron chi connectivity index (χ0n) is 19.3. The van der Waals surface area contributed by atoms with E-state index in [1.807, 2.05) is 11.5 Å². The smallest absolute Gasteiger partial charge is 0.235 e. The number of thiophene rings is 1. The van der Waals surface area contributed by atoms with Crippen molar-refractivity contribution in [1.82, 2.24) is 14.8 Å². The second-order valence-corrected chi connectivity index (χ2v) is 10.9. The lowest BCUT2D eigenvalue weighted by Crippen LogP contribution is -2.15. The summed E-state index contributed by atoms with van der Waals surface area (Å²) in [5.74, 6) is 1.50. The number of benzene rings is 1. The molecule has 0 fully saturated rings. The summed E-state index contributed by atoms with van der Waals surface area (Å²) in [6.07, 6.45) is 5.56. The molecule has 1 amide bonds. The van der Waals surface area contributed by atoms with Gasteiger partial charge in [-0.3, -0.25) is 4.79 Å². The van der Waals surface area contributed by atoms with Gasteiger partial charge in [0.2, 0.25) is 5.91 Å². The average molecular weight is 551 g/mol. The first-order valence-corrected chi connectivity index (χ1v) is 14.0. The molecular weight excluding hydrogens is 525 g/mol. The standard InChI is InChI=1S/C24H25Cl2N5O2S2/c1-2-31-21(8-5-11-33-19-10-9-15(25)12-18(19)26)29-30-24(31)34-14-22(32)28-23-17(13-27)16-6-3-4-7-20(16)35-23/h9-10,12H,2-8,11,14H2,1H3,(H,28,32). The first-order valence-electron chi connectivity index (χ1n) is 11.5. The van der Waals surface area contributed by atoms with Crippen molar-refractivity contribution in [3.8, 4) is 11.8 Å². The van der Waals surface area contributed by atoms with Crippen LogP contribution in [0.5, 0.6) is 5.75 Å². The summed E-state index contributed by atoms with van der Waals surface area (Å²) in [5.41, 5.74) is 1.74. The summed E-state index contributed by atoms with van der Waals surface area (Å²) in [6.45, 7) is 3.21. The molecule has 0 bridgehead atoms. The summed E-state index contributed by atoms with van der Waals surface area (Å²) in [7, 11) is 0. The molecule has 0 saturated carbocycles. The van der Waals surface area contributed by atoms with Gasteiger partial charge in [-0.25, -0.2) is 0 Å². The summed E-state index contributed by atoms with van der Waals surface area (Å²) >= 11 is 14.9. The van der Waals surface area contributed by atoms with Gasteiger partial charge in [0, 0.05) is 22.9 Å². The van der Waals surface area contributed by atoms with Crippen LogP contribution >= 0.6 is 46.3 Å². The van der Waals surface area contributed by atoms with Crippen molar-refractivity contribution in [3.05, 3.63) is 50.1 Å². The van der Waals surface area contributed by atoms with Crippen molar-refractivity contribution in [1.29, 1.82) is 5.26 Å². The zero-order valence-corrected chi connectivity index (χ0v) is 22.4. The van der Waals surface area contributed by atoms with E-state index in [1.54, 1.807) is 18.2 Å². The number of aryl methyl sites for hydroxylation is 2. The first kappa shape index (κ1) is 25.8. The lowest BCUT2D eigenvalue weighted by atomic mass is 9.96. The van der Waals surface area contributed by atoms with Crippen molar-refractivity contribution in [2.75, 3.05) is 17.7 Å². The minimum absolute atomic E-state index is 0.148. The normalized spacial score (nSPS) is 12.7. The van der Waals surface area contributed by atoms with E-state index in [9.17, 15) is 10.1 Å². The minimum Gasteiger partial charge on any atom is -0.492 e. The summed E-state index contributed by atoms with van der Waals surface area (Å²) in [6, 6.07) is 7.43. The number of nitriles is 1. The van der Waals surface area contributed by atoms with Crippen molar-refractivity contribution in [2.45, 2.75) is 57.1 Å². The predicted molar refractivity (Wildman–Crippen MR) is 141 cm³/mol. The third-order valence-corrected chi connectivity index (χ3v) is 8.38. The number of nitrogens with one attached hydrogen (secondary N) is 1. The molecule has 2 aromatic heterocycles. The monoisotopic (exact) mass is 549 g/mol. The highest BCUT2D eigenvalue weighted by atomic mass is 35.5. The molecule has 0 spiro atoms. The van der Waals surface area contributed by atoms with E-state index in [-0.39, 0.29) is 11.7 Å². The van der Waals surface area contributed by atoms with Crippen LogP contribution < -0.4 is 10.1 Å². The lowest BCUT2D eigenvalue weighted by Gasteiger charge is -2.09. The third-order valence-electron chi connectivity index (χ3n) is 5.67. The number of halogens is 2. The van der Waals surface area contributed by atoms with E-state index in [0.717, 1.165) is 43.5 Å². The molecule has 0 aliphatic heterocycles. The molecule has 1 aliphatic carbocycles. The van der Waals surface area contributed by atoms with Gasteiger partial charge in [0.25, 0.3) is 0 Å². The van der Waals surface area contributed by atoms with E-state index >= 15 is 0 Å². The van der Waals surface area contributed by atoms with Gasteiger partial charge in [0.1, 0.15) is 22.6 Å². The van der Waals surface area contributed by atoms with Crippen molar-refractivity contribution < 1.29 is 9.53 Å². The largest absolute Gasteiger partial charge is 0.492 e. The number of thioether (sulfide) groups is 1. The Morgan fingerprint density at radius 1 is 1.31 bits per heavy atom. The van der Waals surface area contributed by atoms with Crippen LogP contribution in [-0.2, 0) is 30.6 Å². The Bertz CT molecular complexity index is 1250. The minimum atomic E-state index is -0.148. The van der Waals surface area contributed by atoms with Crippen LogP contribution in [0.2, 0.25) is 10.0 Å². The average Bonchev–Trinajstić information content (AvgIpc) is 3.41. The first-order chi connectivity index (χ1) is 17.0. The molecule has 0 atom stereocenters. The molecule has 0 unspecified atom stereocenters. The number of hydrogen-bond donors (Lipinski definition) is 1. The highest BCUT2D eigenvalue weighted by molar-refractivity contribution is 7.99. The van der Waals surface area contributed by atoms with Gasteiger partial charge >= 0.3 is 0 Å². The van der Waals surface area contributed by atoms with E-state index < -0.39 is 0 Å². The van der Waals surface area contributed by atoms with Gasteiger partial charge < -0.3 is 14.6 Å². The molecule has 0 radical (unpaired) electrons. The Morgan fingerprint density at radius 2 is 2.14 bits per heavy atom. The number of ether oxygens (including phenoxy) is 1. The van der Waals surface area contributed by atoms with Gasteiger partial charge in [-0.15, -0.1) is 21.5 Å². The van der Waals surface area contributed by atoms with Crippen LogP contribution in [0.4, 0.5) is 5.00 Å². The van der Waals surface area contributed by atoms with Gasteiger partial charge in [-0.1, -0.05) is 35.0 Å². The Balaban J connectivity index is 1.29. The van der Waals surface area contributed by atoms with E-state index in [1.165, 1.54) is 28.0 Å². The van der Waals surface area contributed by atoms with Gasteiger partial charge in [-0.05, 0) is 62.8 Å². The number of hydrogen-bond acceptors (Lipinski definition) is 7. The SMILES string of the molecule is CCn1c(CCCOc2ccc(Cl)cc2Cl)nnc1SCC(=O)Nc1sc2c(c1C#N)CCCC2. The number of nitrogens with zero attached hydrogens (tertiary/aromatic N) is 4. The summed E-state index contributed by atoms with van der Waals surface area (Å²) < 4.78 is 7.76. The second-order valence-electron chi connectivity index (χ2n) is 8.03. The number of carbonyl (C=O) groups excluding carboxylic acids is 1. The molecule has 35 heavy (non-hydrogen) atoms. The molecule has 3 aromatic rings. The maximum Gasteiger partial charge on any atom is 0.235 e. The fourth-order valence-corrected chi connectivity index (χ4v) is 6.54.